The lowest BCUT2D eigenvalue weighted by Gasteiger charge is -2.16. The third-order valence-corrected chi connectivity index (χ3v) is 2.18. The van der Waals surface area contributed by atoms with Crippen LogP contribution in [0.15, 0.2) is 0 Å². The summed E-state index contributed by atoms with van der Waals surface area (Å²) in [5.74, 6) is 0.0991. The maximum atomic E-state index is 11.5. The molecule has 0 aromatic carbocycles. The van der Waals surface area contributed by atoms with Gasteiger partial charge in [-0.1, -0.05) is 0 Å². The second kappa shape index (κ2) is 5.19. The van der Waals surface area contributed by atoms with E-state index < -0.39 is 0 Å². The Bertz CT molecular complexity index is 167. The summed E-state index contributed by atoms with van der Waals surface area (Å²) in [5.41, 5.74) is 0. The fraction of sp³-hybridized carbons (Fsp3) is 0.889. The molecule has 1 rings (SSSR count). The number of methoxy groups -OCH3 is 1. The first kappa shape index (κ1) is 10.5. The quantitative estimate of drug-likeness (QED) is 0.644. The van der Waals surface area contributed by atoms with Crippen molar-refractivity contribution in [2.45, 2.75) is 31.8 Å². The van der Waals surface area contributed by atoms with Gasteiger partial charge in [0.1, 0.15) is 0 Å². The van der Waals surface area contributed by atoms with Gasteiger partial charge in [0.15, 0.2) is 0 Å². The number of amides is 1. The van der Waals surface area contributed by atoms with Crippen LogP contribution in [0.1, 0.15) is 19.8 Å². The molecule has 1 aliphatic rings. The second-order valence-corrected chi connectivity index (χ2v) is 3.51. The van der Waals surface area contributed by atoms with Crippen molar-refractivity contribution in [3.05, 3.63) is 0 Å². The van der Waals surface area contributed by atoms with Crippen molar-refractivity contribution in [3.8, 4) is 0 Å². The van der Waals surface area contributed by atoms with Crippen LogP contribution in [-0.4, -0.2) is 38.3 Å². The van der Waals surface area contributed by atoms with Gasteiger partial charge in [-0.05, 0) is 26.3 Å². The molecule has 2 N–H and O–H groups in total. The number of hydrogen-bond donors (Lipinski definition) is 2. The maximum absolute atomic E-state index is 11.5. The molecule has 76 valence electrons. The molecule has 0 radical (unpaired) electrons. The molecule has 1 saturated heterocycles. The highest BCUT2D eigenvalue weighted by Gasteiger charge is 2.22. The van der Waals surface area contributed by atoms with E-state index in [4.69, 9.17) is 4.74 Å². The molecule has 0 aromatic rings. The molecule has 2 atom stereocenters. The average Bonchev–Trinajstić information content (AvgIpc) is 2.55. The van der Waals surface area contributed by atoms with Crippen LogP contribution < -0.4 is 10.6 Å². The van der Waals surface area contributed by atoms with Gasteiger partial charge in [0.2, 0.25) is 5.91 Å². The van der Waals surface area contributed by atoms with Crippen molar-refractivity contribution < 1.29 is 9.53 Å². The summed E-state index contributed by atoms with van der Waals surface area (Å²) >= 11 is 0. The van der Waals surface area contributed by atoms with E-state index in [-0.39, 0.29) is 18.0 Å². The van der Waals surface area contributed by atoms with Gasteiger partial charge < -0.3 is 15.4 Å². The minimum absolute atomic E-state index is 0.0132. The molecule has 0 aliphatic carbocycles. The van der Waals surface area contributed by atoms with Gasteiger partial charge in [0.05, 0.1) is 12.6 Å². The molecule has 1 fully saturated rings. The lowest BCUT2D eigenvalue weighted by atomic mass is 10.2. The van der Waals surface area contributed by atoms with Crippen LogP contribution in [0, 0.1) is 0 Å². The fourth-order valence-electron chi connectivity index (χ4n) is 1.54. The zero-order valence-electron chi connectivity index (χ0n) is 8.30. The number of nitrogens with one attached hydrogen (secondary N) is 2. The van der Waals surface area contributed by atoms with Crippen LogP contribution in [0.3, 0.4) is 0 Å². The molecule has 4 heteroatoms. The fourth-order valence-corrected chi connectivity index (χ4v) is 1.54. The summed E-state index contributed by atoms with van der Waals surface area (Å²) in [6.45, 7) is 3.46. The van der Waals surface area contributed by atoms with Gasteiger partial charge in [0.25, 0.3) is 0 Å². The average molecular weight is 186 g/mol. The first-order valence-corrected chi connectivity index (χ1v) is 4.76. The highest BCUT2D eigenvalue weighted by atomic mass is 16.5. The van der Waals surface area contributed by atoms with Gasteiger partial charge in [-0.15, -0.1) is 0 Å². The van der Waals surface area contributed by atoms with Gasteiger partial charge in [-0.3, -0.25) is 4.79 Å². The van der Waals surface area contributed by atoms with E-state index >= 15 is 0 Å². The highest BCUT2D eigenvalue weighted by Crippen LogP contribution is 2.04. The molecule has 4 nitrogen and oxygen atoms in total. The van der Waals surface area contributed by atoms with E-state index in [0.717, 1.165) is 19.4 Å². The predicted octanol–water partition coefficient (Wildman–Crippen LogP) is -0.110. The normalized spacial score (nSPS) is 24.3. The third kappa shape index (κ3) is 3.32. The van der Waals surface area contributed by atoms with Crippen LogP contribution in [-0.2, 0) is 9.53 Å². The van der Waals surface area contributed by atoms with Crippen molar-refractivity contribution in [1.29, 1.82) is 0 Å². The molecule has 0 aromatic heterocycles. The minimum atomic E-state index is 0.0132. The van der Waals surface area contributed by atoms with E-state index in [1.54, 1.807) is 7.11 Å². The van der Waals surface area contributed by atoms with Crippen molar-refractivity contribution in [2.24, 2.45) is 0 Å². The summed E-state index contributed by atoms with van der Waals surface area (Å²) in [6.07, 6.45) is 2.04. The minimum Gasteiger partial charge on any atom is -0.383 e. The lowest BCUT2D eigenvalue weighted by molar-refractivity contribution is -0.123. The summed E-state index contributed by atoms with van der Waals surface area (Å²) in [5, 5.41) is 6.05. The number of carbonyl (C=O) groups is 1. The maximum Gasteiger partial charge on any atom is 0.237 e. The van der Waals surface area contributed by atoms with E-state index in [0.29, 0.717) is 6.61 Å². The summed E-state index contributed by atoms with van der Waals surface area (Å²) in [7, 11) is 1.64. The standard InChI is InChI=1S/C9H18N2O2/c1-7(6-13-2)11-9(12)8-4-3-5-10-8/h7-8,10H,3-6H2,1-2H3,(H,11,12)/t7?,8-/m0/s1. The molecule has 0 spiro atoms. The van der Waals surface area contributed by atoms with Crippen molar-refractivity contribution in [1.82, 2.24) is 10.6 Å². The Morgan fingerprint density at radius 3 is 3.08 bits per heavy atom. The lowest BCUT2D eigenvalue weighted by Crippen LogP contribution is -2.45. The van der Waals surface area contributed by atoms with E-state index in [2.05, 4.69) is 10.6 Å². The zero-order chi connectivity index (χ0) is 9.68. The summed E-state index contributed by atoms with van der Waals surface area (Å²) < 4.78 is 4.93. The Morgan fingerprint density at radius 1 is 1.77 bits per heavy atom. The molecule has 1 aliphatic heterocycles. The summed E-state index contributed by atoms with van der Waals surface area (Å²) in [4.78, 5) is 11.5. The van der Waals surface area contributed by atoms with Crippen molar-refractivity contribution >= 4 is 5.91 Å². The molecular formula is C9H18N2O2. The Labute approximate surface area is 79.0 Å². The molecular weight excluding hydrogens is 168 g/mol. The van der Waals surface area contributed by atoms with Crippen LogP contribution in [0.4, 0.5) is 0 Å². The van der Waals surface area contributed by atoms with E-state index in [1.807, 2.05) is 6.92 Å². The number of carbonyl (C=O) groups excluding carboxylic acids is 1. The van der Waals surface area contributed by atoms with Gasteiger partial charge in [0, 0.05) is 13.2 Å². The molecule has 1 unspecified atom stereocenters. The highest BCUT2D eigenvalue weighted by molar-refractivity contribution is 5.82. The molecule has 0 bridgehead atoms. The third-order valence-electron chi connectivity index (χ3n) is 2.18. The Balaban J connectivity index is 2.23. The molecule has 0 saturated carbocycles. The van der Waals surface area contributed by atoms with E-state index in [9.17, 15) is 4.79 Å². The van der Waals surface area contributed by atoms with Gasteiger partial charge in [-0.25, -0.2) is 0 Å². The van der Waals surface area contributed by atoms with Crippen LogP contribution in [0.2, 0.25) is 0 Å². The van der Waals surface area contributed by atoms with Gasteiger partial charge in [-0.2, -0.15) is 0 Å². The molecule has 1 heterocycles. The predicted molar refractivity (Wildman–Crippen MR) is 50.5 cm³/mol. The van der Waals surface area contributed by atoms with Crippen LogP contribution in [0.5, 0.6) is 0 Å². The zero-order valence-corrected chi connectivity index (χ0v) is 8.30. The van der Waals surface area contributed by atoms with Crippen LogP contribution in [0.25, 0.3) is 0 Å². The smallest absolute Gasteiger partial charge is 0.237 e. The monoisotopic (exact) mass is 186 g/mol. The second-order valence-electron chi connectivity index (χ2n) is 3.51. The van der Waals surface area contributed by atoms with Gasteiger partial charge >= 0.3 is 0 Å². The van der Waals surface area contributed by atoms with Crippen molar-refractivity contribution in [3.63, 3.8) is 0 Å². The number of hydrogen-bond acceptors (Lipinski definition) is 3. The Kier molecular flexibility index (Phi) is 4.18. The van der Waals surface area contributed by atoms with E-state index in [1.165, 1.54) is 0 Å². The first-order valence-electron chi connectivity index (χ1n) is 4.76. The summed E-state index contributed by atoms with van der Waals surface area (Å²) in [6, 6.07) is 0.110. The Hall–Kier alpha value is -0.610. The first-order chi connectivity index (χ1) is 6.24. The SMILES string of the molecule is COCC(C)NC(=O)[C@@H]1CCCN1. The topological polar surface area (TPSA) is 50.4 Å². The van der Waals surface area contributed by atoms with Crippen LogP contribution >= 0.6 is 0 Å². The Morgan fingerprint density at radius 2 is 2.54 bits per heavy atom. The molecule has 1 amide bonds. The number of ether oxygens (including phenoxy) is 1. The largest absolute Gasteiger partial charge is 0.383 e. The van der Waals surface area contributed by atoms with Crippen molar-refractivity contribution in [2.75, 3.05) is 20.3 Å². The number of rotatable bonds is 4. The molecule has 13 heavy (non-hydrogen) atoms.